The molecule has 0 aromatic heterocycles. The summed E-state index contributed by atoms with van der Waals surface area (Å²) in [6.07, 6.45) is 2.76. The van der Waals surface area contributed by atoms with Crippen molar-refractivity contribution in [2.75, 3.05) is 0 Å². The first-order valence-electron chi connectivity index (χ1n) is 5.13. The number of ether oxygens (including phenoxy) is 2. The first kappa shape index (κ1) is 8.26. The average molecular weight is 196 g/mol. The number of carbonyl (C=O) groups excluding carboxylic acids is 2. The summed E-state index contributed by atoms with van der Waals surface area (Å²) < 4.78 is 10.4. The number of carbonyl (C=O) groups is 2. The predicted molar refractivity (Wildman–Crippen MR) is 45.2 cm³/mol. The molecule has 0 aromatic rings. The molecule has 3 fully saturated rings. The van der Waals surface area contributed by atoms with Gasteiger partial charge in [-0.3, -0.25) is 9.59 Å². The molecule has 2 saturated heterocycles. The van der Waals surface area contributed by atoms with Gasteiger partial charge in [0.15, 0.2) is 0 Å². The highest BCUT2D eigenvalue weighted by Gasteiger charge is 2.51. The Bertz CT molecular complexity index is 268. The van der Waals surface area contributed by atoms with Gasteiger partial charge in [0.05, 0.1) is 12.8 Å². The lowest BCUT2D eigenvalue weighted by atomic mass is 9.75. The molecule has 1 aliphatic carbocycles. The average Bonchev–Trinajstić information content (AvgIpc) is 2.65. The highest BCUT2D eigenvalue weighted by molar-refractivity contribution is 5.75. The number of esters is 2. The van der Waals surface area contributed by atoms with Gasteiger partial charge in [0.1, 0.15) is 12.2 Å². The molecule has 3 aliphatic rings. The van der Waals surface area contributed by atoms with Crippen molar-refractivity contribution in [2.24, 2.45) is 11.8 Å². The van der Waals surface area contributed by atoms with Crippen molar-refractivity contribution in [3.05, 3.63) is 0 Å². The molecular weight excluding hydrogens is 184 g/mol. The standard InChI is InChI=1S/C10H12O4/c11-9-3-5-6-4-10(12)14-8(6)2-1-7(5)13-9/h5-8H,1-4H2/t5-,6-,7+,8+/m1/s1. The van der Waals surface area contributed by atoms with Crippen molar-refractivity contribution < 1.29 is 19.1 Å². The third-order valence-corrected chi connectivity index (χ3v) is 3.61. The summed E-state index contributed by atoms with van der Waals surface area (Å²) in [5.74, 6) is 0.236. The first-order valence-corrected chi connectivity index (χ1v) is 5.13. The summed E-state index contributed by atoms with van der Waals surface area (Å²) in [7, 11) is 0. The minimum absolute atomic E-state index is 0.0539. The van der Waals surface area contributed by atoms with E-state index in [1.165, 1.54) is 0 Å². The van der Waals surface area contributed by atoms with Crippen molar-refractivity contribution in [3.8, 4) is 0 Å². The Morgan fingerprint density at radius 1 is 0.857 bits per heavy atom. The molecule has 0 spiro atoms. The fourth-order valence-corrected chi connectivity index (χ4v) is 2.99. The second kappa shape index (κ2) is 2.72. The fourth-order valence-electron chi connectivity index (χ4n) is 2.99. The highest BCUT2D eigenvalue weighted by atomic mass is 16.6. The molecular formula is C10H12O4. The molecule has 0 unspecified atom stereocenters. The Labute approximate surface area is 81.6 Å². The highest BCUT2D eigenvalue weighted by Crippen LogP contribution is 2.44. The van der Waals surface area contributed by atoms with Crippen LogP contribution in [0.3, 0.4) is 0 Å². The van der Waals surface area contributed by atoms with Crippen molar-refractivity contribution in [1.82, 2.24) is 0 Å². The normalized spacial score (nSPS) is 45.4. The van der Waals surface area contributed by atoms with Crippen LogP contribution in [-0.4, -0.2) is 24.1 Å². The van der Waals surface area contributed by atoms with Gasteiger partial charge in [-0.05, 0) is 12.8 Å². The topological polar surface area (TPSA) is 52.6 Å². The molecule has 0 N–H and O–H groups in total. The molecule has 4 nitrogen and oxygen atoms in total. The third kappa shape index (κ3) is 1.06. The molecule has 3 rings (SSSR count). The summed E-state index contributed by atoms with van der Waals surface area (Å²) in [6, 6.07) is 0. The van der Waals surface area contributed by atoms with Crippen LogP contribution in [0.5, 0.6) is 0 Å². The van der Waals surface area contributed by atoms with E-state index >= 15 is 0 Å². The van der Waals surface area contributed by atoms with E-state index in [0.29, 0.717) is 12.8 Å². The molecule has 76 valence electrons. The largest absolute Gasteiger partial charge is 0.462 e. The van der Waals surface area contributed by atoms with Gasteiger partial charge in [0.2, 0.25) is 0 Å². The van der Waals surface area contributed by atoms with Crippen molar-refractivity contribution in [3.63, 3.8) is 0 Å². The zero-order valence-electron chi connectivity index (χ0n) is 7.77. The van der Waals surface area contributed by atoms with E-state index in [9.17, 15) is 9.59 Å². The van der Waals surface area contributed by atoms with Crippen LogP contribution in [0.2, 0.25) is 0 Å². The van der Waals surface area contributed by atoms with Crippen LogP contribution in [0.1, 0.15) is 25.7 Å². The van der Waals surface area contributed by atoms with Gasteiger partial charge in [0.25, 0.3) is 0 Å². The van der Waals surface area contributed by atoms with E-state index < -0.39 is 0 Å². The van der Waals surface area contributed by atoms with Crippen LogP contribution in [0.25, 0.3) is 0 Å². The van der Waals surface area contributed by atoms with E-state index in [0.717, 1.165) is 12.8 Å². The summed E-state index contributed by atoms with van der Waals surface area (Å²) in [6.45, 7) is 0. The minimum Gasteiger partial charge on any atom is -0.462 e. The maximum Gasteiger partial charge on any atom is 0.306 e. The van der Waals surface area contributed by atoms with Gasteiger partial charge in [-0.2, -0.15) is 0 Å². The van der Waals surface area contributed by atoms with Crippen LogP contribution in [-0.2, 0) is 19.1 Å². The number of hydrogen-bond donors (Lipinski definition) is 0. The third-order valence-electron chi connectivity index (χ3n) is 3.61. The summed E-state index contributed by atoms with van der Waals surface area (Å²) in [4.78, 5) is 22.3. The van der Waals surface area contributed by atoms with Crippen molar-refractivity contribution in [1.29, 1.82) is 0 Å². The Morgan fingerprint density at radius 2 is 1.29 bits per heavy atom. The summed E-state index contributed by atoms with van der Waals surface area (Å²) >= 11 is 0. The Kier molecular flexibility index (Phi) is 1.60. The maximum absolute atomic E-state index is 11.1. The lowest BCUT2D eigenvalue weighted by molar-refractivity contribution is -0.146. The molecule has 0 bridgehead atoms. The smallest absolute Gasteiger partial charge is 0.306 e. The van der Waals surface area contributed by atoms with Gasteiger partial charge in [-0.15, -0.1) is 0 Å². The first-order chi connectivity index (χ1) is 6.74. The van der Waals surface area contributed by atoms with E-state index in [1.807, 2.05) is 0 Å². The van der Waals surface area contributed by atoms with E-state index in [1.54, 1.807) is 0 Å². The zero-order valence-corrected chi connectivity index (χ0v) is 7.77. The van der Waals surface area contributed by atoms with Gasteiger partial charge >= 0.3 is 11.9 Å². The summed E-state index contributed by atoms with van der Waals surface area (Å²) in [5.41, 5.74) is 0. The quantitative estimate of drug-likeness (QED) is 0.533. The Morgan fingerprint density at radius 3 is 1.71 bits per heavy atom. The Balaban J connectivity index is 1.84. The van der Waals surface area contributed by atoms with Gasteiger partial charge in [0, 0.05) is 11.8 Å². The van der Waals surface area contributed by atoms with E-state index in [2.05, 4.69) is 0 Å². The second-order valence-corrected chi connectivity index (χ2v) is 4.37. The zero-order chi connectivity index (χ0) is 9.71. The molecule has 14 heavy (non-hydrogen) atoms. The van der Waals surface area contributed by atoms with Gasteiger partial charge in [-0.25, -0.2) is 0 Å². The molecule has 1 saturated carbocycles. The molecule has 0 aromatic carbocycles. The van der Waals surface area contributed by atoms with Crippen LogP contribution in [0, 0.1) is 11.8 Å². The van der Waals surface area contributed by atoms with Crippen LogP contribution >= 0.6 is 0 Å². The van der Waals surface area contributed by atoms with Crippen molar-refractivity contribution in [2.45, 2.75) is 37.9 Å². The minimum atomic E-state index is -0.111. The lowest BCUT2D eigenvalue weighted by Gasteiger charge is -2.31. The monoisotopic (exact) mass is 196 g/mol. The van der Waals surface area contributed by atoms with Gasteiger partial charge in [-0.1, -0.05) is 0 Å². The number of rotatable bonds is 0. The van der Waals surface area contributed by atoms with Crippen molar-refractivity contribution >= 4 is 11.9 Å². The predicted octanol–water partition coefficient (Wildman–Crippen LogP) is 0.644. The van der Waals surface area contributed by atoms with Crippen LogP contribution in [0.4, 0.5) is 0 Å². The molecule has 0 amide bonds. The van der Waals surface area contributed by atoms with Crippen LogP contribution in [0.15, 0.2) is 0 Å². The number of fused-ring (bicyclic) bond motifs is 3. The number of hydrogen-bond acceptors (Lipinski definition) is 4. The Hall–Kier alpha value is -1.06. The van der Waals surface area contributed by atoms with Crippen LogP contribution < -0.4 is 0 Å². The maximum atomic E-state index is 11.1. The second-order valence-electron chi connectivity index (χ2n) is 4.37. The molecule has 2 heterocycles. The molecule has 2 aliphatic heterocycles. The lowest BCUT2D eigenvalue weighted by Crippen LogP contribution is -2.35. The molecule has 4 atom stereocenters. The summed E-state index contributed by atoms with van der Waals surface area (Å²) in [5, 5.41) is 0. The van der Waals surface area contributed by atoms with Gasteiger partial charge < -0.3 is 9.47 Å². The van der Waals surface area contributed by atoms with E-state index in [4.69, 9.17) is 9.47 Å². The fraction of sp³-hybridized carbons (Fsp3) is 0.800. The molecule has 0 radical (unpaired) electrons. The SMILES string of the molecule is O=C1C[C@@H]2[C@H]3CC(=O)O[C@H]3CC[C@@H]2O1. The van der Waals surface area contributed by atoms with E-state index in [-0.39, 0.29) is 36.0 Å². The molecule has 4 heteroatoms.